The van der Waals surface area contributed by atoms with Gasteiger partial charge in [0.25, 0.3) is 0 Å². The van der Waals surface area contributed by atoms with Gasteiger partial charge in [0.05, 0.1) is 0 Å². The van der Waals surface area contributed by atoms with Gasteiger partial charge in [-0.15, -0.1) is 0 Å². The SMILES string of the molecule is CC(CS(C)=O)N(C)C(=O)C(CCC(=O)O)NC(=O)OCC1c2ccccc2-c2ccccc21. The third kappa shape index (κ3) is 6.02. The molecule has 8 nitrogen and oxygen atoms in total. The topological polar surface area (TPSA) is 113 Å². The molecule has 2 aromatic rings. The van der Waals surface area contributed by atoms with Gasteiger partial charge >= 0.3 is 12.1 Å². The number of amides is 2. The molecule has 0 fully saturated rings. The lowest BCUT2D eigenvalue weighted by molar-refractivity contribution is -0.138. The van der Waals surface area contributed by atoms with Crippen LogP contribution in [0.4, 0.5) is 4.79 Å². The first-order valence-corrected chi connectivity index (χ1v) is 12.8. The number of carboxylic acid groups (broad SMARTS) is 1. The van der Waals surface area contributed by atoms with Gasteiger partial charge in [0.1, 0.15) is 12.6 Å². The van der Waals surface area contributed by atoms with Crippen molar-refractivity contribution in [3.63, 3.8) is 0 Å². The van der Waals surface area contributed by atoms with Crippen LogP contribution < -0.4 is 5.32 Å². The molecular formula is C25H30N2O6S. The molecule has 0 spiro atoms. The summed E-state index contributed by atoms with van der Waals surface area (Å²) in [5.74, 6) is -1.38. The Balaban J connectivity index is 1.68. The van der Waals surface area contributed by atoms with Crippen molar-refractivity contribution in [1.29, 1.82) is 0 Å². The second-order valence-electron chi connectivity index (χ2n) is 8.49. The quantitative estimate of drug-likeness (QED) is 0.534. The standard InChI is InChI=1S/C25H30N2O6S/c1-16(15-34(3)32)27(2)24(30)22(12-13-23(28)29)26-25(31)33-14-21-19-10-6-4-8-17(19)18-9-5-7-11-20(18)21/h4-11,16,21-22H,12-15H2,1-3H3,(H,26,31)(H,28,29). The Morgan fingerprint density at radius 3 is 2.18 bits per heavy atom. The van der Waals surface area contributed by atoms with Gasteiger partial charge in [0, 0.05) is 48.2 Å². The van der Waals surface area contributed by atoms with Crippen molar-refractivity contribution in [3.05, 3.63) is 59.7 Å². The summed E-state index contributed by atoms with van der Waals surface area (Å²) in [5.41, 5.74) is 4.34. The van der Waals surface area contributed by atoms with Gasteiger partial charge in [-0.1, -0.05) is 48.5 Å². The molecule has 34 heavy (non-hydrogen) atoms. The van der Waals surface area contributed by atoms with Crippen LogP contribution in [0, 0.1) is 0 Å². The van der Waals surface area contributed by atoms with Crippen molar-refractivity contribution in [1.82, 2.24) is 10.2 Å². The maximum atomic E-state index is 13.0. The van der Waals surface area contributed by atoms with E-state index in [1.165, 1.54) is 4.90 Å². The number of nitrogens with zero attached hydrogens (tertiary/aromatic N) is 1. The van der Waals surface area contributed by atoms with E-state index in [4.69, 9.17) is 9.84 Å². The van der Waals surface area contributed by atoms with Gasteiger partial charge in [-0.05, 0) is 35.6 Å². The summed E-state index contributed by atoms with van der Waals surface area (Å²) in [6.07, 6.45) is 0.392. The third-order valence-corrected chi connectivity index (χ3v) is 7.02. The monoisotopic (exact) mass is 486 g/mol. The third-order valence-electron chi connectivity index (χ3n) is 6.07. The molecular weight excluding hydrogens is 456 g/mol. The second kappa shape index (κ2) is 11.3. The van der Waals surface area contributed by atoms with Crippen LogP contribution in [-0.2, 0) is 25.1 Å². The predicted molar refractivity (Wildman–Crippen MR) is 130 cm³/mol. The number of fused-ring (bicyclic) bond motifs is 3. The minimum absolute atomic E-state index is 0.0787. The summed E-state index contributed by atoms with van der Waals surface area (Å²) in [6.45, 7) is 1.83. The van der Waals surface area contributed by atoms with Gasteiger partial charge < -0.3 is 20.1 Å². The average Bonchev–Trinajstić information content (AvgIpc) is 3.12. The fourth-order valence-electron chi connectivity index (χ4n) is 4.22. The number of ether oxygens (including phenoxy) is 1. The molecule has 3 rings (SSSR count). The number of hydrogen-bond acceptors (Lipinski definition) is 5. The summed E-state index contributed by atoms with van der Waals surface area (Å²) in [5, 5.41) is 11.6. The summed E-state index contributed by atoms with van der Waals surface area (Å²) in [6, 6.07) is 14.5. The average molecular weight is 487 g/mol. The van der Waals surface area contributed by atoms with E-state index in [0.29, 0.717) is 0 Å². The lowest BCUT2D eigenvalue weighted by Gasteiger charge is -2.29. The first-order chi connectivity index (χ1) is 16.2. The van der Waals surface area contributed by atoms with E-state index in [-0.39, 0.29) is 37.2 Å². The molecule has 3 unspecified atom stereocenters. The van der Waals surface area contributed by atoms with E-state index in [1.807, 2.05) is 48.5 Å². The van der Waals surface area contributed by atoms with Crippen LogP contribution in [0.2, 0.25) is 0 Å². The highest BCUT2D eigenvalue weighted by Crippen LogP contribution is 2.44. The first-order valence-electron chi connectivity index (χ1n) is 11.1. The van der Waals surface area contributed by atoms with Crippen molar-refractivity contribution >= 4 is 28.8 Å². The Morgan fingerprint density at radius 2 is 1.65 bits per heavy atom. The van der Waals surface area contributed by atoms with E-state index in [0.717, 1.165) is 22.3 Å². The smallest absolute Gasteiger partial charge is 0.407 e. The number of carbonyl (C=O) groups is 3. The molecule has 0 bridgehead atoms. The van der Waals surface area contributed by atoms with Crippen LogP contribution >= 0.6 is 0 Å². The number of carbonyl (C=O) groups excluding carboxylic acids is 2. The molecule has 3 atom stereocenters. The highest BCUT2D eigenvalue weighted by Gasteiger charge is 2.31. The Kier molecular flexibility index (Phi) is 8.44. The molecule has 2 aromatic carbocycles. The fourth-order valence-corrected chi connectivity index (χ4v) is 5.12. The minimum Gasteiger partial charge on any atom is -0.481 e. The number of benzene rings is 2. The van der Waals surface area contributed by atoms with Crippen molar-refractivity contribution in [2.45, 2.75) is 37.8 Å². The molecule has 0 saturated heterocycles. The number of aliphatic carboxylic acids is 1. The molecule has 182 valence electrons. The lowest BCUT2D eigenvalue weighted by Crippen LogP contribution is -2.51. The summed E-state index contributed by atoms with van der Waals surface area (Å²) in [7, 11) is 0.440. The lowest BCUT2D eigenvalue weighted by atomic mass is 9.98. The van der Waals surface area contributed by atoms with Gasteiger partial charge in [0.2, 0.25) is 5.91 Å². The van der Waals surface area contributed by atoms with E-state index in [2.05, 4.69) is 5.32 Å². The maximum absolute atomic E-state index is 13.0. The van der Waals surface area contributed by atoms with Crippen LogP contribution in [0.1, 0.15) is 36.8 Å². The summed E-state index contributed by atoms with van der Waals surface area (Å²) in [4.78, 5) is 38.1. The van der Waals surface area contributed by atoms with Crippen LogP contribution in [0.15, 0.2) is 48.5 Å². The van der Waals surface area contributed by atoms with Crippen LogP contribution in [0.5, 0.6) is 0 Å². The van der Waals surface area contributed by atoms with E-state index >= 15 is 0 Å². The number of carboxylic acids is 1. The molecule has 1 aliphatic carbocycles. The maximum Gasteiger partial charge on any atom is 0.407 e. The largest absolute Gasteiger partial charge is 0.481 e. The number of nitrogens with one attached hydrogen (secondary N) is 1. The van der Waals surface area contributed by atoms with Crippen LogP contribution in [-0.4, -0.2) is 69.9 Å². The number of rotatable bonds is 10. The van der Waals surface area contributed by atoms with Gasteiger partial charge in [-0.25, -0.2) is 4.79 Å². The van der Waals surface area contributed by atoms with Crippen LogP contribution in [0.25, 0.3) is 11.1 Å². The van der Waals surface area contributed by atoms with Crippen molar-refractivity contribution < 1.29 is 28.4 Å². The summed E-state index contributed by atoms with van der Waals surface area (Å²) >= 11 is 0. The second-order valence-corrected chi connectivity index (χ2v) is 9.97. The van der Waals surface area contributed by atoms with Gasteiger partial charge in [-0.3, -0.25) is 13.8 Å². The van der Waals surface area contributed by atoms with Gasteiger partial charge in [0.15, 0.2) is 0 Å². The molecule has 1 aliphatic rings. The molecule has 2 N–H and O–H groups in total. The summed E-state index contributed by atoms with van der Waals surface area (Å²) < 4.78 is 17.1. The Hall–Kier alpha value is -3.20. The van der Waals surface area contributed by atoms with E-state index < -0.39 is 34.8 Å². The van der Waals surface area contributed by atoms with Crippen molar-refractivity contribution in [2.75, 3.05) is 25.7 Å². The predicted octanol–water partition coefficient (Wildman–Crippen LogP) is 2.98. The molecule has 0 aliphatic heterocycles. The molecule has 0 heterocycles. The first kappa shape index (κ1) is 25.4. The van der Waals surface area contributed by atoms with Crippen molar-refractivity contribution in [2.24, 2.45) is 0 Å². The number of hydrogen-bond donors (Lipinski definition) is 2. The Morgan fingerprint density at radius 1 is 1.09 bits per heavy atom. The zero-order valence-corrected chi connectivity index (χ0v) is 20.3. The molecule has 9 heteroatoms. The minimum atomic E-state index is -1.11. The Labute approximate surface area is 201 Å². The number of alkyl carbamates (subject to hydrolysis) is 1. The van der Waals surface area contributed by atoms with Crippen LogP contribution in [0.3, 0.4) is 0 Å². The number of likely N-dealkylation sites (N-methyl/N-ethyl adjacent to an activating group) is 1. The normalized spacial score (nSPS) is 14.9. The zero-order chi connectivity index (χ0) is 24.8. The molecule has 0 aromatic heterocycles. The molecule has 0 radical (unpaired) electrons. The van der Waals surface area contributed by atoms with E-state index in [1.54, 1.807) is 20.2 Å². The van der Waals surface area contributed by atoms with Crippen molar-refractivity contribution in [3.8, 4) is 11.1 Å². The van der Waals surface area contributed by atoms with E-state index in [9.17, 15) is 18.6 Å². The zero-order valence-electron chi connectivity index (χ0n) is 19.5. The highest BCUT2D eigenvalue weighted by molar-refractivity contribution is 7.84. The highest BCUT2D eigenvalue weighted by atomic mass is 32.2. The molecule has 0 saturated carbocycles. The van der Waals surface area contributed by atoms with Gasteiger partial charge in [-0.2, -0.15) is 0 Å². The fraction of sp³-hybridized carbons (Fsp3) is 0.400. The molecule has 2 amide bonds. The Bertz CT molecular complexity index is 1040.